The predicted molar refractivity (Wildman–Crippen MR) is 43.8 cm³/mol. The van der Waals surface area contributed by atoms with E-state index in [2.05, 4.69) is 5.32 Å². The van der Waals surface area contributed by atoms with Gasteiger partial charge in [0.2, 0.25) is 0 Å². The molecule has 1 atom stereocenters. The van der Waals surface area contributed by atoms with Gasteiger partial charge >= 0.3 is 5.97 Å². The van der Waals surface area contributed by atoms with Crippen LogP contribution in [0.1, 0.15) is 6.42 Å². The predicted octanol–water partition coefficient (Wildman–Crippen LogP) is -0.215. The molecule has 0 unspecified atom stereocenters. The summed E-state index contributed by atoms with van der Waals surface area (Å²) in [7, 11) is 3.01. The van der Waals surface area contributed by atoms with Crippen molar-refractivity contribution in [2.45, 2.75) is 6.42 Å². The Hall–Kier alpha value is -0.610. The fourth-order valence-corrected chi connectivity index (χ4v) is 1.59. The Balaban J connectivity index is 2.64. The first-order chi connectivity index (χ1) is 5.75. The van der Waals surface area contributed by atoms with Gasteiger partial charge in [0, 0.05) is 13.7 Å². The highest BCUT2D eigenvalue weighted by Crippen LogP contribution is 2.26. The maximum atomic E-state index is 11.4. The van der Waals surface area contributed by atoms with Crippen LogP contribution in [0.3, 0.4) is 0 Å². The summed E-state index contributed by atoms with van der Waals surface area (Å²) in [6.07, 6.45) is 0.799. The summed E-state index contributed by atoms with van der Waals surface area (Å²) in [5.74, 6) is -0.172. The molecule has 0 radical (unpaired) electrons. The van der Waals surface area contributed by atoms with E-state index in [4.69, 9.17) is 9.47 Å². The van der Waals surface area contributed by atoms with Gasteiger partial charge in [0.05, 0.1) is 13.7 Å². The quantitative estimate of drug-likeness (QED) is 0.600. The molecule has 0 saturated carbocycles. The van der Waals surface area contributed by atoms with Gasteiger partial charge in [-0.15, -0.1) is 0 Å². The monoisotopic (exact) mass is 173 g/mol. The van der Waals surface area contributed by atoms with Gasteiger partial charge in [-0.25, -0.2) is 0 Å². The van der Waals surface area contributed by atoms with Crippen LogP contribution >= 0.6 is 0 Å². The summed E-state index contributed by atoms with van der Waals surface area (Å²) in [5, 5.41) is 3.13. The van der Waals surface area contributed by atoms with E-state index in [1.807, 2.05) is 0 Å². The van der Waals surface area contributed by atoms with E-state index in [-0.39, 0.29) is 5.97 Å². The zero-order valence-corrected chi connectivity index (χ0v) is 7.55. The molecule has 0 aromatic heterocycles. The van der Waals surface area contributed by atoms with Crippen molar-refractivity contribution in [3.8, 4) is 0 Å². The van der Waals surface area contributed by atoms with E-state index in [0.29, 0.717) is 13.2 Å². The molecule has 12 heavy (non-hydrogen) atoms. The zero-order chi connectivity index (χ0) is 9.03. The van der Waals surface area contributed by atoms with Gasteiger partial charge in [0.15, 0.2) is 0 Å². The van der Waals surface area contributed by atoms with E-state index in [0.717, 1.165) is 13.0 Å². The van der Waals surface area contributed by atoms with Gasteiger partial charge < -0.3 is 14.8 Å². The fraction of sp³-hybridized carbons (Fsp3) is 0.875. The number of rotatable bonds is 3. The van der Waals surface area contributed by atoms with Gasteiger partial charge in [-0.3, -0.25) is 4.79 Å². The first-order valence-corrected chi connectivity index (χ1v) is 4.03. The van der Waals surface area contributed by atoms with E-state index in [9.17, 15) is 4.79 Å². The lowest BCUT2D eigenvalue weighted by Crippen LogP contribution is -2.38. The summed E-state index contributed by atoms with van der Waals surface area (Å²) in [4.78, 5) is 11.4. The third kappa shape index (κ3) is 1.59. The number of esters is 1. The lowest BCUT2D eigenvalue weighted by Gasteiger charge is -2.23. The zero-order valence-electron chi connectivity index (χ0n) is 7.55. The summed E-state index contributed by atoms with van der Waals surface area (Å²) in [5.41, 5.74) is -0.441. The smallest absolute Gasteiger partial charge is 0.315 e. The van der Waals surface area contributed by atoms with Gasteiger partial charge in [0.25, 0.3) is 0 Å². The minimum Gasteiger partial charge on any atom is -0.468 e. The molecule has 0 aromatic carbocycles. The lowest BCUT2D eigenvalue weighted by atomic mass is 9.88. The molecule has 0 aromatic rings. The number of methoxy groups -OCH3 is 2. The molecule has 1 aliphatic rings. The Morgan fingerprint density at radius 1 is 1.58 bits per heavy atom. The van der Waals surface area contributed by atoms with Gasteiger partial charge in [0.1, 0.15) is 5.41 Å². The average molecular weight is 173 g/mol. The molecule has 4 nitrogen and oxygen atoms in total. The Morgan fingerprint density at radius 2 is 2.33 bits per heavy atom. The van der Waals surface area contributed by atoms with Crippen LogP contribution < -0.4 is 5.32 Å². The molecule has 0 bridgehead atoms. The molecule has 0 aliphatic carbocycles. The molecule has 1 heterocycles. The Bertz CT molecular complexity index is 164. The summed E-state index contributed by atoms with van der Waals surface area (Å²) >= 11 is 0. The molecule has 1 saturated heterocycles. The first-order valence-electron chi connectivity index (χ1n) is 4.03. The molecule has 1 aliphatic heterocycles. The SMILES string of the molecule is COC[C@]1(C(=O)OC)CCNC1. The average Bonchev–Trinajstić information content (AvgIpc) is 2.53. The van der Waals surface area contributed by atoms with Crippen LogP contribution in [0.2, 0.25) is 0 Å². The molecular weight excluding hydrogens is 158 g/mol. The summed E-state index contributed by atoms with van der Waals surface area (Å²) < 4.78 is 9.74. The normalized spacial score (nSPS) is 28.8. The van der Waals surface area contributed by atoms with Gasteiger partial charge in [-0.2, -0.15) is 0 Å². The van der Waals surface area contributed by atoms with Crippen LogP contribution in [0, 0.1) is 5.41 Å². The van der Waals surface area contributed by atoms with Crippen LogP contribution in [0.25, 0.3) is 0 Å². The van der Waals surface area contributed by atoms with Crippen molar-refractivity contribution in [2.24, 2.45) is 5.41 Å². The van der Waals surface area contributed by atoms with Crippen LogP contribution in [0.15, 0.2) is 0 Å². The van der Waals surface area contributed by atoms with Crippen LogP contribution in [-0.4, -0.2) is 39.9 Å². The van der Waals surface area contributed by atoms with Crippen molar-refractivity contribution in [2.75, 3.05) is 33.9 Å². The highest BCUT2D eigenvalue weighted by molar-refractivity contribution is 5.77. The molecule has 0 amide bonds. The van der Waals surface area contributed by atoms with E-state index < -0.39 is 5.41 Å². The van der Waals surface area contributed by atoms with Crippen molar-refractivity contribution in [1.82, 2.24) is 5.32 Å². The second-order valence-corrected chi connectivity index (χ2v) is 3.13. The topological polar surface area (TPSA) is 47.6 Å². The van der Waals surface area contributed by atoms with Gasteiger partial charge in [-0.1, -0.05) is 0 Å². The number of hydrogen-bond donors (Lipinski definition) is 1. The van der Waals surface area contributed by atoms with Crippen LogP contribution in [-0.2, 0) is 14.3 Å². The molecule has 1 fully saturated rings. The minimum atomic E-state index is -0.441. The Morgan fingerprint density at radius 3 is 2.75 bits per heavy atom. The molecule has 0 spiro atoms. The second kappa shape index (κ2) is 3.87. The molecule has 1 N–H and O–H groups in total. The number of nitrogens with one attached hydrogen (secondary N) is 1. The molecule has 4 heteroatoms. The Kier molecular flexibility index (Phi) is 3.05. The largest absolute Gasteiger partial charge is 0.468 e. The standard InChI is InChI=1S/C8H15NO3/c1-11-6-8(7(10)12-2)3-4-9-5-8/h9H,3-6H2,1-2H3/t8-/m0/s1. The number of carbonyl (C=O) groups is 1. The van der Waals surface area contributed by atoms with E-state index in [1.54, 1.807) is 7.11 Å². The highest BCUT2D eigenvalue weighted by Gasteiger charge is 2.42. The van der Waals surface area contributed by atoms with Crippen molar-refractivity contribution >= 4 is 5.97 Å². The molecule has 70 valence electrons. The first kappa shape index (κ1) is 9.48. The third-order valence-electron chi connectivity index (χ3n) is 2.28. The highest BCUT2D eigenvalue weighted by atomic mass is 16.5. The lowest BCUT2D eigenvalue weighted by molar-refractivity contribution is -0.154. The summed E-state index contributed by atoms with van der Waals surface area (Å²) in [6, 6.07) is 0. The second-order valence-electron chi connectivity index (χ2n) is 3.13. The van der Waals surface area contributed by atoms with E-state index >= 15 is 0 Å². The van der Waals surface area contributed by atoms with E-state index in [1.165, 1.54) is 7.11 Å². The van der Waals surface area contributed by atoms with Crippen molar-refractivity contribution in [3.63, 3.8) is 0 Å². The maximum absolute atomic E-state index is 11.4. The number of ether oxygens (including phenoxy) is 2. The van der Waals surface area contributed by atoms with Crippen LogP contribution in [0.4, 0.5) is 0 Å². The Labute approximate surface area is 72.2 Å². The van der Waals surface area contributed by atoms with Gasteiger partial charge in [-0.05, 0) is 13.0 Å². The third-order valence-corrected chi connectivity index (χ3v) is 2.28. The summed E-state index contributed by atoms with van der Waals surface area (Å²) in [6.45, 7) is 1.96. The van der Waals surface area contributed by atoms with Crippen molar-refractivity contribution < 1.29 is 14.3 Å². The maximum Gasteiger partial charge on any atom is 0.315 e. The number of hydrogen-bond acceptors (Lipinski definition) is 4. The molecular formula is C8H15NO3. The molecule has 1 rings (SSSR count). The van der Waals surface area contributed by atoms with Crippen LogP contribution in [0.5, 0.6) is 0 Å². The fourth-order valence-electron chi connectivity index (χ4n) is 1.59. The minimum absolute atomic E-state index is 0.172. The van der Waals surface area contributed by atoms with Crippen molar-refractivity contribution in [3.05, 3.63) is 0 Å². The number of carbonyl (C=O) groups excluding carboxylic acids is 1. The van der Waals surface area contributed by atoms with Crippen molar-refractivity contribution in [1.29, 1.82) is 0 Å².